The molecule has 0 spiro atoms. The lowest BCUT2D eigenvalue weighted by Crippen LogP contribution is -1.97. The number of rotatable bonds is 6. The fourth-order valence-corrected chi connectivity index (χ4v) is 4.11. The lowest BCUT2D eigenvalue weighted by Gasteiger charge is -2.05. The molecule has 0 aliphatic rings. The molecule has 124 valence electrons. The van der Waals surface area contributed by atoms with Gasteiger partial charge >= 0.3 is 0 Å². The maximum atomic E-state index is 6.03. The zero-order chi connectivity index (χ0) is 16.9. The monoisotopic (exact) mass is 375 g/mol. The highest BCUT2D eigenvalue weighted by atomic mass is 35.5. The number of nitrogens with zero attached hydrogens (tertiary/aromatic N) is 3. The number of aryl methyl sites for hydroxylation is 1. The minimum absolute atomic E-state index is 0.765. The number of benzene rings is 2. The molecule has 1 aromatic heterocycles. The van der Waals surface area contributed by atoms with Crippen molar-refractivity contribution in [3.05, 3.63) is 70.5 Å². The smallest absolute Gasteiger partial charge is 0.191 e. The summed E-state index contributed by atoms with van der Waals surface area (Å²) in [4.78, 5) is 1.25. The van der Waals surface area contributed by atoms with Gasteiger partial charge in [-0.1, -0.05) is 53.2 Å². The van der Waals surface area contributed by atoms with Gasteiger partial charge in [-0.2, -0.15) is 0 Å². The Labute approximate surface area is 155 Å². The molecule has 0 N–H and O–H groups in total. The quantitative estimate of drug-likeness (QED) is 0.542. The zero-order valence-electron chi connectivity index (χ0n) is 13.6. The lowest BCUT2D eigenvalue weighted by molar-refractivity contribution is 0.761. The van der Waals surface area contributed by atoms with Gasteiger partial charge in [0.2, 0.25) is 0 Å². The Kier molecular flexibility index (Phi) is 5.87. The van der Waals surface area contributed by atoms with E-state index in [9.17, 15) is 0 Å². The van der Waals surface area contributed by atoms with Crippen LogP contribution in [0.1, 0.15) is 17.0 Å². The minimum atomic E-state index is 0.765. The Morgan fingerprint density at radius 3 is 2.54 bits per heavy atom. The topological polar surface area (TPSA) is 30.7 Å². The summed E-state index contributed by atoms with van der Waals surface area (Å²) in [5.41, 5.74) is 2.46. The van der Waals surface area contributed by atoms with E-state index in [4.69, 9.17) is 11.6 Å². The summed E-state index contributed by atoms with van der Waals surface area (Å²) in [7, 11) is 2.02. The lowest BCUT2D eigenvalue weighted by atomic mass is 10.2. The number of hydrogen-bond donors (Lipinski definition) is 0. The van der Waals surface area contributed by atoms with E-state index < -0.39 is 0 Å². The van der Waals surface area contributed by atoms with Gasteiger partial charge < -0.3 is 4.57 Å². The van der Waals surface area contributed by atoms with Crippen molar-refractivity contribution in [1.29, 1.82) is 0 Å². The first kappa shape index (κ1) is 17.4. The van der Waals surface area contributed by atoms with Crippen LogP contribution in [-0.2, 0) is 18.6 Å². The first-order valence-corrected chi connectivity index (χ1v) is 9.92. The molecule has 24 heavy (non-hydrogen) atoms. The largest absolute Gasteiger partial charge is 0.308 e. The molecule has 1 heterocycles. The molecular weight excluding hydrogens is 358 g/mol. The second-order valence-electron chi connectivity index (χ2n) is 5.48. The van der Waals surface area contributed by atoms with E-state index in [1.54, 1.807) is 23.5 Å². The number of aromatic nitrogens is 3. The molecular formula is C18H18ClN3S2. The van der Waals surface area contributed by atoms with Gasteiger partial charge in [-0.3, -0.25) is 0 Å². The summed E-state index contributed by atoms with van der Waals surface area (Å²) in [6, 6.07) is 16.5. The van der Waals surface area contributed by atoms with Crippen molar-refractivity contribution in [3.63, 3.8) is 0 Å². The Morgan fingerprint density at radius 2 is 1.79 bits per heavy atom. The van der Waals surface area contributed by atoms with Crippen molar-refractivity contribution in [3.8, 4) is 0 Å². The Hall–Kier alpha value is -1.43. The molecule has 2 aromatic carbocycles. The SMILES string of the molecule is Cc1ccc(SCc2nnc(SCc3cccc(Cl)c3)n2C)cc1. The van der Waals surface area contributed by atoms with E-state index in [-0.39, 0.29) is 0 Å². The molecule has 0 amide bonds. The second kappa shape index (κ2) is 8.10. The number of thioether (sulfide) groups is 2. The van der Waals surface area contributed by atoms with Crippen molar-refractivity contribution in [2.24, 2.45) is 7.05 Å². The summed E-state index contributed by atoms with van der Waals surface area (Å²) in [6.07, 6.45) is 0. The van der Waals surface area contributed by atoms with Crippen molar-refractivity contribution in [2.75, 3.05) is 0 Å². The zero-order valence-corrected chi connectivity index (χ0v) is 16.0. The molecule has 0 atom stereocenters. The van der Waals surface area contributed by atoms with Crippen molar-refractivity contribution in [1.82, 2.24) is 14.8 Å². The Balaban J connectivity index is 1.60. The van der Waals surface area contributed by atoms with E-state index in [0.29, 0.717) is 0 Å². The van der Waals surface area contributed by atoms with E-state index in [0.717, 1.165) is 27.5 Å². The third-order valence-corrected chi connectivity index (χ3v) is 5.91. The van der Waals surface area contributed by atoms with Crippen LogP contribution >= 0.6 is 35.1 Å². The van der Waals surface area contributed by atoms with Crippen LogP contribution in [0.15, 0.2) is 58.6 Å². The molecule has 3 rings (SSSR count). The van der Waals surface area contributed by atoms with E-state index in [1.165, 1.54) is 16.0 Å². The summed E-state index contributed by atoms with van der Waals surface area (Å²) in [5, 5.41) is 10.3. The molecule has 0 fully saturated rings. The summed E-state index contributed by atoms with van der Waals surface area (Å²) in [6.45, 7) is 2.10. The van der Waals surface area contributed by atoms with Gasteiger partial charge in [0.25, 0.3) is 0 Å². The summed E-state index contributed by atoms with van der Waals surface area (Å²) in [5.74, 6) is 2.62. The Morgan fingerprint density at radius 1 is 1.00 bits per heavy atom. The first-order valence-electron chi connectivity index (χ1n) is 7.57. The molecule has 0 aliphatic heterocycles. The average Bonchev–Trinajstić information content (AvgIpc) is 2.93. The van der Waals surface area contributed by atoms with Crippen LogP contribution in [-0.4, -0.2) is 14.8 Å². The van der Waals surface area contributed by atoms with Crippen LogP contribution in [0.25, 0.3) is 0 Å². The fourth-order valence-electron chi connectivity index (χ4n) is 2.15. The molecule has 0 saturated carbocycles. The summed E-state index contributed by atoms with van der Waals surface area (Å²) >= 11 is 9.48. The molecule has 0 unspecified atom stereocenters. The van der Waals surface area contributed by atoms with Gasteiger partial charge in [-0.05, 0) is 36.8 Å². The van der Waals surface area contributed by atoms with Crippen LogP contribution in [0.2, 0.25) is 5.02 Å². The van der Waals surface area contributed by atoms with Crippen molar-refractivity contribution >= 4 is 35.1 Å². The molecule has 0 radical (unpaired) electrons. The average molecular weight is 376 g/mol. The standard InChI is InChI=1S/C18H18ClN3S2/c1-13-6-8-16(9-7-13)23-12-17-20-21-18(22(17)2)24-11-14-4-3-5-15(19)10-14/h3-10H,11-12H2,1-2H3. The third-order valence-electron chi connectivity index (χ3n) is 3.57. The van der Waals surface area contributed by atoms with Gasteiger partial charge in [0.15, 0.2) is 5.16 Å². The molecule has 0 saturated heterocycles. The second-order valence-corrected chi connectivity index (χ2v) is 7.91. The predicted octanol–water partition coefficient (Wildman–Crippen LogP) is 5.36. The van der Waals surface area contributed by atoms with Crippen LogP contribution in [0.3, 0.4) is 0 Å². The van der Waals surface area contributed by atoms with Crippen LogP contribution in [0.4, 0.5) is 0 Å². The molecule has 3 nitrogen and oxygen atoms in total. The molecule has 3 aromatic rings. The maximum absolute atomic E-state index is 6.03. The highest BCUT2D eigenvalue weighted by Gasteiger charge is 2.10. The normalized spacial score (nSPS) is 11.0. The first-order chi connectivity index (χ1) is 11.6. The van der Waals surface area contributed by atoms with Crippen molar-refractivity contribution < 1.29 is 0 Å². The Bertz CT molecular complexity index is 815. The van der Waals surface area contributed by atoms with Crippen molar-refractivity contribution in [2.45, 2.75) is 28.5 Å². The van der Waals surface area contributed by atoms with Gasteiger partial charge in [-0.25, -0.2) is 0 Å². The van der Waals surface area contributed by atoms with Gasteiger partial charge in [-0.15, -0.1) is 22.0 Å². The molecule has 6 heteroatoms. The highest BCUT2D eigenvalue weighted by molar-refractivity contribution is 7.98. The molecule has 0 aliphatic carbocycles. The maximum Gasteiger partial charge on any atom is 0.191 e. The third kappa shape index (κ3) is 4.56. The van der Waals surface area contributed by atoms with E-state index in [1.807, 2.05) is 25.2 Å². The number of halogens is 1. The summed E-state index contributed by atoms with van der Waals surface area (Å²) < 4.78 is 2.07. The van der Waals surface area contributed by atoms with Crippen LogP contribution in [0, 0.1) is 6.92 Å². The molecule has 0 bridgehead atoms. The fraction of sp³-hybridized carbons (Fsp3) is 0.222. The van der Waals surface area contributed by atoms with E-state index in [2.05, 4.69) is 52.0 Å². The van der Waals surface area contributed by atoms with E-state index >= 15 is 0 Å². The van der Waals surface area contributed by atoms with Crippen LogP contribution in [0.5, 0.6) is 0 Å². The highest BCUT2D eigenvalue weighted by Crippen LogP contribution is 2.26. The van der Waals surface area contributed by atoms with Gasteiger partial charge in [0, 0.05) is 22.7 Å². The predicted molar refractivity (Wildman–Crippen MR) is 103 cm³/mol. The number of hydrogen-bond acceptors (Lipinski definition) is 4. The van der Waals surface area contributed by atoms with Gasteiger partial charge in [0.05, 0.1) is 5.75 Å². The minimum Gasteiger partial charge on any atom is -0.308 e. The van der Waals surface area contributed by atoms with Gasteiger partial charge in [0.1, 0.15) is 5.82 Å². The van der Waals surface area contributed by atoms with Crippen LogP contribution < -0.4 is 0 Å².